The molecule has 1 amide bonds. The Labute approximate surface area is 98.8 Å². The molecule has 0 spiro atoms. The second-order valence-electron chi connectivity index (χ2n) is 3.59. The molecular weight excluding hydrogens is 228 g/mol. The normalized spacial score (nSPS) is 19.5. The van der Waals surface area contributed by atoms with Crippen molar-refractivity contribution in [3.63, 3.8) is 0 Å². The van der Waals surface area contributed by atoms with Gasteiger partial charge in [0, 0.05) is 12.7 Å². The molecule has 0 aromatic heterocycles. The van der Waals surface area contributed by atoms with Gasteiger partial charge < -0.3 is 10.6 Å². The maximum atomic E-state index is 11.7. The van der Waals surface area contributed by atoms with E-state index in [-0.39, 0.29) is 12.5 Å². The van der Waals surface area contributed by atoms with E-state index in [1.807, 2.05) is 0 Å². The first kappa shape index (κ1) is 11.2. The number of hydrogen-bond acceptors (Lipinski definition) is 4. The molecule has 0 saturated carbocycles. The summed E-state index contributed by atoms with van der Waals surface area (Å²) in [7, 11) is 0. The smallest absolute Gasteiger partial charge is 0.262 e. The molecule has 0 atom stereocenters. The predicted molar refractivity (Wildman–Crippen MR) is 62.6 cm³/mol. The maximum Gasteiger partial charge on any atom is 0.262 e. The van der Waals surface area contributed by atoms with Crippen molar-refractivity contribution in [2.45, 2.75) is 6.42 Å². The molecule has 0 aliphatic carbocycles. The maximum absolute atomic E-state index is 11.7. The number of fused-ring (bicyclic) bond motifs is 1. The molecule has 2 aliphatic rings. The molecule has 0 aromatic carbocycles. The van der Waals surface area contributed by atoms with Gasteiger partial charge in [0.05, 0.1) is 5.03 Å². The van der Waals surface area contributed by atoms with E-state index >= 15 is 0 Å². The number of hydrazone groups is 1. The minimum absolute atomic E-state index is 0.0341. The zero-order chi connectivity index (χ0) is 11.5. The Morgan fingerprint density at radius 2 is 2.31 bits per heavy atom. The van der Waals surface area contributed by atoms with Crippen LogP contribution in [-0.2, 0) is 4.79 Å². The van der Waals surface area contributed by atoms with Crippen LogP contribution in [0.3, 0.4) is 0 Å². The summed E-state index contributed by atoms with van der Waals surface area (Å²) in [6.45, 7) is 1.40. The molecule has 2 aliphatic heterocycles. The quantitative estimate of drug-likeness (QED) is 0.779. The summed E-state index contributed by atoms with van der Waals surface area (Å²) in [5, 5.41) is 6.31. The molecule has 0 fully saturated rings. The molecule has 0 saturated heterocycles. The van der Waals surface area contributed by atoms with Crippen LogP contribution in [0.1, 0.15) is 6.42 Å². The van der Waals surface area contributed by atoms with Gasteiger partial charge in [0.25, 0.3) is 5.91 Å². The Morgan fingerprint density at radius 1 is 1.50 bits per heavy atom. The highest BCUT2D eigenvalue weighted by atomic mass is 35.5. The Morgan fingerprint density at radius 3 is 3.06 bits per heavy atom. The number of hydrogen-bond donors (Lipinski definition) is 1. The fraction of sp³-hybridized carbons (Fsp3) is 0.400. The highest BCUT2D eigenvalue weighted by molar-refractivity contribution is 6.32. The first-order chi connectivity index (χ1) is 7.70. The molecule has 5 nitrogen and oxygen atoms in total. The van der Waals surface area contributed by atoms with Crippen molar-refractivity contribution in [1.29, 1.82) is 0 Å². The Balaban J connectivity index is 2.14. The van der Waals surface area contributed by atoms with Crippen LogP contribution in [0.25, 0.3) is 0 Å². The molecule has 86 valence electrons. The second kappa shape index (κ2) is 4.67. The van der Waals surface area contributed by atoms with Crippen molar-refractivity contribution >= 4 is 23.3 Å². The van der Waals surface area contributed by atoms with Crippen LogP contribution in [0.2, 0.25) is 0 Å². The lowest BCUT2D eigenvalue weighted by atomic mass is 10.3. The standard InChI is InChI=1S/C10H13ClN4O/c11-8-2-3-9-13-15(5-1-4-12)10(16)7-14(9)6-8/h2-3,6H,1,4-5,7,12H2. The fourth-order valence-corrected chi connectivity index (χ4v) is 1.73. The number of carbonyl (C=O) groups excluding carboxylic acids is 1. The van der Waals surface area contributed by atoms with Crippen LogP contribution in [0.5, 0.6) is 0 Å². The van der Waals surface area contributed by atoms with E-state index in [1.165, 1.54) is 5.01 Å². The zero-order valence-electron chi connectivity index (χ0n) is 8.77. The number of amides is 1. The van der Waals surface area contributed by atoms with Crippen LogP contribution < -0.4 is 5.73 Å². The van der Waals surface area contributed by atoms with Gasteiger partial charge in [0.2, 0.25) is 0 Å². The lowest BCUT2D eigenvalue weighted by Gasteiger charge is -2.31. The molecule has 2 rings (SSSR count). The van der Waals surface area contributed by atoms with E-state index in [2.05, 4.69) is 5.10 Å². The third-order valence-electron chi connectivity index (χ3n) is 2.36. The van der Waals surface area contributed by atoms with Crippen LogP contribution >= 0.6 is 11.6 Å². The van der Waals surface area contributed by atoms with Crippen molar-refractivity contribution in [2.75, 3.05) is 19.6 Å². The summed E-state index contributed by atoms with van der Waals surface area (Å²) < 4.78 is 0. The van der Waals surface area contributed by atoms with Crippen molar-refractivity contribution in [3.05, 3.63) is 23.4 Å². The van der Waals surface area contributed by atoms with E-state index in [1.54, 1.807) is 23.3 Å². The fourth-order valence-electron chi connectivity index (χ4n) is 1.55. The second-order valence-corrected chi connectivity index (χ2v) is 4.03. The molecule has 0 unspecified atom stereocenters. The van der Waals surface area contributed by atoms with Gasteiger partial charge in [0.15, 0.2) is 5.84 Å². The third kappa shape index (κ3) is 2.25. The molecule has 0 bridgehead atoms. The van der Waals surface area contributed by atoms with Gasteiger partial charge in [-0.3, -0.25) is 4.79 Å². The number of amidine groups is 1. The third-order valence-corrected chi connectivity index (χ3v) is 2.58. The zero-order valence-corrected chi connectivity index (χ0v) is 9.52. The van der Waals surface area contributed by atoms with Gasteiger partial charge >= 0.3 is 0 Å². The molecule has 2 N–H and O–H groups in total. The number of nitrogens with two attached hydrogens (primary N) is 1. The van der Waals surface area contributed by atoms with Crippen molar-refractivity contribution < 1.29 is 4.79 Å². The van der Waals surface area contributed by atoms with Gasteiger partial charge in [-0.25, -0.2) is 5.01 Å². The summed E-state index contributed by atoms with van der Waals surface area (Å²) in [5.74, 6) is 0.703. The van der Waals surface area contributed by atoms with Crippen LogP contribution in [0.4, 0.5) is 0 Å². The Hall–Kier alpha value is -1.33. The Bertz CT molecular complexity index is 388. The first-order valence-corrected chi connectivity index (χ1v) is 5.49. The van der Waals surface area contributed by atoms with Crippen LogP contribution in [-0.4, -0.2) is 41.3 Å². The monoisotopic (exact) mass is 240 g/mol. The van der Waals surface area contributed by atoms with Gasteiger partial charge in [-0.15, -0.1) is 0 Å². The summed E-state index contributed by atoms with van der Waals surface area (Å²) in [4.78, 5) is 13.4. The summed E-state index contributed by atoms with van der Waals surface area (Å²) in [6, 6.07) is 0. The highest BCUT2D eigenvalue weighted by Crippen LogP contribution is 2.17. The molecule has 0 radical (unpaired) electrons. The van der Waals surface area contributed by atoms with Crippen molar-refractivity contribution in [3.8, 4) is 0 Å². The lowest BCUT2D eigenvalue weighted by molar-refractivity contribution is -0.132. The first-order valence-electron chi connectivity index (χ1n) is 5.12. The van der Waals surface area contributed by atoms with E-state index in [0.717, 1.165) is 12.3 Å². The predicted octanol–water partition coefficient (Wildman–Crippen LogP) is 0.443. The minimum Gasteiger partial charge on any atom is -0.330 e. The minimum atomic E-state index is -0.0341. The highest BCUT2D eigenvalue weighted by Gasteiger charge is 2.25. The van der Waals surface area contributed by atoms with Gasteiger partial charge in [-0.2, -0.15) is 5.10 Å². The molecule has 2 heterocycles. The van der Waals surface area contributed by atoms with E-state index in [0.29, 0.717) is 18.1 Å². The van der Waals surface area contributed by atoms with Crippen LogP contribution in [0.15, 0.2) is 28.5 Å². The van der Waals surface area contributed by atoms with Crippen LogP contribution in [0, 0.1) is 0 Å². The molecule has 0 aromatic rings. The molecule has 6 heteroatoms. The number of halogens is 1. The van der Waals surface area contributed by atoms with E-state index in [9.17, 15) is 4.79 Å². The number of carbonyl (C=O) groups is 1. The topological polar surface area (TPSA) is 61.9 Å². The Kier molecular flexibility index (Phi) is 3.26. The number of allylic oxidation sites excluding steroid dienone is 2. The number of rotatable bonds is 3. The largest absolute Gasteiger partial charge is 0.330 e. The average Bonchev–Trinajstić information content (AvgIpc) is 2.26. The lowest BCUT2D eigenvalue weighted by Crippen LogP contribution is -2.45. The van der Waals surface area contributed by atoms with Gasteiger partial charge in [0.1, 0.15) is 6.54 Å². The average molecular weight is 241 g/mol. The SMILES string of the molecule is NCCCN1N=C2C=CC(Cl)=CN2CC1=O. The molecular formula is C10H13ClN4O. The van der Waals surface area contributed by atoms with Gasteiger partial charge in [-0.05, 0) is 25.1 Å². The molecule has 16 heavy (non-hydrogen) atoms. The van der Waals surface area contributed by atoms with E-state index in [4.69, 9.17) is 17.3 Å². The summed E-state index contributed by atoms with van der Waals surface area (Å²) >= 11 is 5.84. The summed E-state index contributed by atoms with van der Waals surface area (Å²) in [6.07, 6.45) is 6.01. The van der Waals surface area contributed by atoms with Gasteiger partial charge in [-0.1, -0.05) is 11.6 Å². The summed E-state index contributed by atoms with van der Waals surface area (Å²) in [5.41, 5.74) is 5.40. The van der Waals surface area contributed by atoms with E-state index < -0.39 is 0 Å². The van der Waals surface area contributed by atoms with Crippen molar-refractivity contribution in [2.24, 2.45) is 10.8 Å². The number of nitrogens with zero attached hydrogens (tertiary/aromatic N) is 3. The van der Waals surface area contributed by atoms with Crippen molar-refractivity contribution in [1.82, 2.24) is 9.91 Å².